The lowest BCUT2D eigenvalue weighted by molar-refractivity contribution is 0.920. The topological polar surface area (TPSA) is 38.9 Å². The van der Waals surface area contributed by atoms with Gasteiger partial charge < -0.3 is 5.73 Å². The minimum Gasteiger partial charge on any atom is -0.330 e. The highest BCUT2D eigenvalue weighted by atomic mass is 35.5. The van der Waals surface area contributed by atoms with Crippen molar-refractivity contribution in [1.29, 1.82) is 0 Å². The summed E-state index contributed by atoms with van der Waals surface area (Å²) in [5, 5.41) is 0.718. The molecule has 0 amide bonds. The number of halogens is 2. The fourth-order valence-electron chi connectivity index (χ4n) is 0.883. The molecule has 1 rings (SSSR count). The van der Waals surface area contributed by atoms with Crippen molar-refractivity contribution in [1.82, 2.24) is 4.98 Å². The van der Waals surface area contributed by atoms with Crippen LogP contribution in [-0.4, -0.2) is 11.5 Å². The van der Waals surface area contributed by atoms with Gasteiger partial charge in [0.2, 0.25) is 0 Å². The van der Waals surface area contributed by atoms with Crippen molar-refractivity contribution in [2.45, 2.75) is 13.3 Å². The molecule has 0 aromatic carbocycles. The molecule has 4 heteroatoms. The summed E-state index contributed by atoms with van der Waals surface area (Å²) in [5.41, 5.74) is 7.34. The van der Waals surface area contributed by atoms with E-state index in [0.29, 0.717) is 6.54 Å². The third-order valence-corrected chi connectivity index (χ3v) is 1.76. The molecule has 0 atom stereocenters. The van der Waals surface area contributed by atoms with Gasteiger partial charge in [0.25, 0.3) is 0 Å². The molecule has 0 fully saturated rings. The van der Waals surface area contributed by atoms with Crippen LogP contribution in [0.2, 0.25) is 5.02 Å². The molecule has 0 aliphatic rings. The van der Waals surface area contributed by atoms with E-state index in [1.54, 1.807) is 6.20 Å². The van der Waals surface area contributed by atoms with Crippen molar-refractivity contribution >= 4 is 24.0 Å². The molecule has 68 valence electrons. The fraction of sp³-hybridized carbons (Fsp3) is 0.375. The summed E-state index contributed by atoms with van der Waals surface area (Å²) in [5.74, 6) is 0. The second-order valence-corrected chi connectivity index (χ2v) is 2.89. The van der Waals surface area contributed by atoms with Gasteiger partial charge in [-0.2, -0.15) is 0 Å². The third-order valence-electron chi connectivity index (χ3n) is 1.44. The quantitative estimate of drug-likeness (QED) is 0.805. The Morgan fingerprint density at radius 3 is 2.75 bits per heavy atom. The number of hydrogen-bond acceptors (Lipinski definition) is 2. The Morgan fingerprint density at radius 2 is 2.25 bits per heavy atom. The Kier molecular flexibility index (Phi) is 5.22. The molecule has 0 saturated heterocycles. The monoisotopic (exact) mass is 206 g/mol. The van der Waals surface area contributed by atoms with Gasteiger partial charge in [-0.3, -0.25) is 4.98 Å². The van der Waals surface area contributed by atoms with Crippen LogP contribution < -0.4 is 5.73 Å². The molecule has 2 N–H and O–H groups in total. The Labute approximate surface area is 83.5 Å². The van der Waals surface area contributed by atoms with E-state index in [2.05, 4.69) is 4.98 Å². The van der Waals surface area contributed by atoms with Crippen LogP contribution in [0, 0.1) is 6.92 Å². The number of nitrogens with zero attached hydrogens (tertiary/aromatic N) is 1. The van der Waals surface area contributed by atoms with Crippen molar-refractivity contribution in [3.63, 3.8) is 0 Å². The molecule has 1 aromatic heterocycles. The van der Waals surface area contributed by atoms with Gasteiger partial charge in [-0.15, -0.1) is 12.4 Å². The second-order valence-electron chi connectivity index (χ2n) is 2.48. The molecule has 0 unspecified atom stereocenters. The lowest BCUT2D eigenvalue weighted by atomic mass is 10.2. The molecular weight excluding hydrogens is 195 g/mol. The van der Waals surface area contributed by atoms with E-state index < -0.39 is 0 Å². The summed E-state index contributed by atoms with van der Waals surface area (Å²) < 4.78 is 0. The second kappa shape index (κ2) is 5.36. The first kappa shape index (κ1) is 11.7. The molecule has 0 spiro atoms. The Hall–Kier alpha value is -0.310. The fourth-order valence-corrected chi connectivity index (χ4v) is 1.20. The number of aromatic nitrogens is 1. The van der Waals surface area contributed by atoms with Gasteiger partial charge >= 0.3 is 0 Å². The average Bonchev–Trinajstić information content (AvgIpc) is 1.95. The average molecular weight is 207 g/mol. The van der Waals surface area contributed by atoms with Gasteiger partial charge in [0, 0.05) is 12.6 Å². The van der Waals surface area contributed by atoms with Gasteiger partial charge in [0.05, 0.1) is 10.7 Å². The maximum atomic E-state index is 5.89. The summed E-state index contributed by atoms with van der Waals surface area (Å²) in [6, 6.07) is 1.90. The van der Waals surface area contributed by atoms with E-state index in [9.17, 15) is 0 Å². The number of pyridine rings is 1. The van der Waals surface area contributed by atoms with Crippen LogP contribution in [0.15, 0.2) is 12.3 Å². The van der Waals surface area contributed by atoms with E-state index in [1.807, 2.05) is 13.0 Å². The molecular formula is C8H12Cl2N2. The summed E-state index contributed by atoms with van der Waals surface area (Å²) >= 11 is 5.89. The van der Waals surface area contributed by atoms with Gasteiger partial charge in [-0.25, -0.2) is 0 Å². The molecule has 0 radical (unpaired) electrons. The summed E-state index contributed by atoms with van der Waals surface area (Å²) in [6.07, 6.45) is 2.55. The number of nitrogens with two attached hydrogens (primary N) is 1. The van der Waals surface area contributed by atoms with Gasteiger partial charge in [-0.1, -0.05) is 11.6 Å². The van der Waals surface area contributed by atoms with Gasteiger partial charge in [-0.05, 0) is 25.1 Å². The molecule has 1 heterocycles. The minimum atomic E-state index is 0. The van der Waals surface area contributed by atoms with E-state index in [4.69, 9.17) is 17.3 Å². The van der Waals surface area contributed by atoms with Crippen molar-refractivity contribution in [3.05, 3.63) is 28.5 Å². The van der Waals surface area contributed by atoms with Gasteiger partial charge in [0.1, 0.15) is 0 Å². The van der Waals surface area contributed by atoms with Crippen molar-refractivity contribution in [2.75, 3.05) is 6.54 Å². The molecule has 12 heavy (non-hydrogen) atoms. The third kappa shape index (κ3) is 2.97. The first-order chi connectivity index (χ1) is 5.24. The van der Waals surface area contributed by atoms with Crippen LogP contribution >= 0.6 is 24.0 Å². The van der Waals surface area contributed by atoms with Crippen LogP contribution in [0.4, 0.5) is 0 Å². The van der Waals surface area contributed by atoms with Crippen LogP contribution in [0.1, 0.15) is 11.3 Å². The number of hydrogen-bond donors (Lipinski definition) is 1. The molecule has 1 aromatic rings. The molecule has 0 aliphatic heterocycles. The van der Waals surface area contributed by atoms with E-state index in [-0.39, 0.29) is 12.4 Å². The highest BCUT2D eigenvalue weighted by molar-refractivity contribution is 6.31. The van der Waals surface area contributed by atoms with E-state index >= 15 is 0 Å². The zero-order chi connectivity index (χ0) is 8.27. The Bertz CT molecular complexity index is 251. The standard InChI is InChI=1S/C8H11ClN2.ClH/c1-6-4-7(9)8(2-3-10)11-5-6;/h4-5H,2-3,10H2,1H3;1H. The maximum Gasteiger partial charge on any atom is 0.0624 e. The maximum absolute atomic E-state index is 5.89. The van der Waals surface area contributed by atoms with Crippen molar-refractivity contribution in [3.8, 4) is 0 Å². The number of rotatable bonds is 2. The van der Waals surface area contributed by atoms with Crippen LogP contribution in [0.5, 0.6) is 0 Å². The lowest BCUT2D eigenvalue weighted by Crippen LogP contribution is -2.04. The highest BCUT2D eigenvalue weighted by Crippen LogP contribution is 2.14. The molecule has 0 saturated carbocycles. The van der Waals surface area contributed by atoms with Crippen molar-refractivity contribution in [2.24, 2.45) is 5.73 Å². The zero-order valence-corrected chi connectivity index (χ0v) is 8.45. The van der Waals surface area contributed by atoms with Crippen LogP contribution in [0.25, 0.3) is 0 Å². The van der Waals surface area contributed by atoms with Crippen LogP contribution in [0.3, 0.4) is 0 Å². The summed E-state index contributed by atoms with van der Waals surface area (Å²) in [4.78, 5) is 4.16. The predicted octanol–water partition coefficient (Wildman–Crippen LogP) is 1.97. The normalized spacial score (nSPS) is 9.25. The highest BCUT2D eigenvalue weighted by Gasteiger charge is 1.99. The molecule has 0 aliphatic carbocycles. The smallest absolute Gasteiger partial charge is 0.0624 e. The number of aryl methyl sites for hydroxylation is 1. The van der Waals surface area contributed by atoms with E-state index in [1.165, 1.54) is 0 Å². The Balaban J connectivity index is 0.00000121. The van der Waals surface area contributed by atoms with E-state index in [0.717, 1.165) is 22.7 Å². The zero-order valence-electron chi connectivity index (χ0n) is 6.88. The summed E-state index contributed by atoms with van der Waals surface area (Å²) in [7, 11) is 0. The van der Waals surface area contributed by atoms with Gasteiger partial charge in [0.15, 0.2) is 0 Å². The first-order valence-corrected chi connectivity index (χ1v) is 3.93. The largest absolute Gasteiger partial charge is 0.330 e. The summed E-state index contributed by atoms with van der Waals surface area (Å²) in [6.45, 7) is 2.56. The van der Waals surface area contributed by atoms with Crippen molar-refractivity contribution < 1.29 is 0 Å². The molecule has 2 nitrogen and oxygen atoms in total. The first-order valence-electron chi connectivity index (χ1n) is 3.55. The predicted molar refractivity (Wildman–Crippen MR) is 54.0 cm³/mol. The Morgan fingerprint density at radius 1 is 1.58 bits per heavy atom. The lowest BCUT2D eigenvalue weighted by Gasteiger charge is -2.00. The SMILES string of the molecule is Cc1cnc(CCN)c(Cl)c1.Cl. The molecule has 0 bridgehead atoms. The van der Waals surface area contributed by atoms with Crippen LogP contribution in [-0.2, 0) is 6.42 Å². The minimum absolute atomic E-state index is 0.